The number of anilines is 1. The number of hydrogen-bond acceptors (Lipinski definition) is 4. The largest absolute Gasteiger partial charge is 0.490 e. The lowest BCUT2D eigenvalue weighted by molar-refractivity contribution is 0.102. The zero-order valence-electron chi connectivity index (χ0n) is 19.5. The number of amides is 1. The molecule has 34 heavy (non-hydrogen) atoms. The molecule has 1 heterocycles. The van der Waals surface area contributed by atoms with Crippen molar-refractivity contribution in [2.75, 3.05) is 25.0 Å². The summed E-state index contributed by atoms with van der Waals surface area (Å²) < 4.78 is 32.8. The minimum Gasteiger partial charge on any atom is -0.490 e. The van der Waals surface area contributed by atoms with Gasteiger partial charge in [0.1, 0.15) is 0 Å². The molecule has 0 aromatic heterocycles. The van der Waals surface area contributed by atoms with Crippen LogP contribution in [-0.4, -0.2) is 38.3 Å². The Morgan fingerprint density at radius 1 is 0.971 bits per heavy atom. The van der Waals surface area contributed by atoms with Gasteiger partial charge in [-0.25, -0.2) is 8.42 Å². The highest BCUT2D eigenvalue weighted by Gasteiger charge is 2.25. The lowest BCUT2D eigenvalue weighted by Gasteiger charge is -2.25. The molecule has 1 fully saturated rings. The summed E-state index contributed by atoms with van der Waals surface area (Å²) >= 11 is 12.7. The first-order valence-corrected chi connectivity index (χ1v) is 14.1. The normalized spacial score (nSPS) is 14.7. The minimum atomic E-state index is -3.52. The molecule has 0 atom stereocenters. The molecule has 1 amide bonds. The van der Waals surface area contributed by atoms with Gasteiger partial charge in [-0.2, -0.15) is 4.31 Å². The number of hydrogen-bond donors (Lipinski definition) is 1. The molecule has 0 unspecified atom stereocenters. The SMILES string of the molecule is CCCCCCCOc1c(Cl)cc(C(=O)Nc2ccc(S(=O)(=O)N3CCCCC3)cc2)cc1Cl. The summed E-state index contributed by atoms with van der Waals surface area (Å²) in [5, 5.41) is 3.30. The highest BCUT2D eigenvalue weighted by Crippen LogP contribution is 2.34. The highest BCUT2D eigenvalue weighted by molar-refractivity contribution is 7.89. The Morgan fingerprint density at radius 2 is 1.59 bits per heavy atom. The van der Waals surface area contributed by atoms with Crippen LogP contribution in [0.1, 0.15) is 68.6 Å². The molecule has 6 nitrogen and oxygen atoms in total. The van der Waals surface area contributed by atoms with Crippen LogP contribution in [0.2, 0.25) is 10.0 Å². The summed E-state index contributed by atoms with van der Waals surface area (Å²) in [6, 6.07) is 9.21. The van der Waals surface area contributed by atoms with Crippen molar-refractivity contribution in [3.05, 3.63) is 52.0 Å². The van der Waals surface area contributed by atoms with Crippen LogP contribution in [0.5, 0.6) is 5.75 Å². The molecule has 0 aliphatic carbocycles. The smallest absolute Gasteiger partial charge is 0.255 e. The van der Waals surface area contributed by atoms with E-state index in [1.165, 1.54) is 47.8 Å². The second kappa shape index (κ2) is 12.8. The summed E-state index contributed by atoms with van der Waals surface area (Å²) in [7, 11) is -3.52. The van der Waals surface area contributed by atoms with E-state index in [1.807, 2.05) is 0 Å². The number of benzene rings is 2. The first-order chi connectivity index (χ1) is 16.3. The maximum atomic E-state index is 12.8. The Kier molecular flexibility index (Phi) is 10.1. The molecular formula is C25H32Cl2N2O4S. The number of carbonyl (C=O) groups is 1. The third-order valence-corrected chi connectivity index (χ3v) is 8.29. The van der Waals surface area contributed by atoms with Crippen molar-refractivity contribution in [2.24, 2.45) is 0 Å². The first kappa shape index (κ1) is 26.8. The van der Waals surface area contributed by atoms with Gasteiger partial charge in [0.25, 0.3) is 5.91 Å². The van der Waals surface area contributed by atoms with E-state index >= 15 is 0 Å². The van der Waals surface area contributed by atoms with E-state index in [2.05, 4.69) is 12.2 Å². The second-order valence-corrected chi connectivity index (χ2v) is 11.2. The summed E-state index contributed by atoms with van der Waals surface area (Å²) in [6.45, 7) is 3.77. The molecule has 1 saturated heterocycles. The number of carbonyl (C=O) groups excluding carboxylic acids is 1. The molecule has 0 bridgehead atoms. The molecule has 3 rings (SSSR count). The van der Waals surface area contributed by atoms with Crippen LogP contribution in [0, 0.1) is 0 Å². The van der Waals surface area contributed by atoms with Crippen molar-refractivity contribution < 1.29 is 17.9 Å². The molecule has 1 aliphatic heterocycles. The molecule has 2 aromatic rings. The van der Waals surface area contributed by atoms with Crippen molar-refractivity contribution in [1.29, 1.82) is 0 Å². The molecule has 0 radical (unpaired) electrons. The van der Waals surface area contributed by atoms with Gasteiger partial charge in [0.2, 0.25) is 10.0 Å². The summed E-state index contributed by atoms with van der Waals surface area (Å²) in [6.07, 6.45) is 8.37. The fourth-order valence-electron chi connectivity index (χ4n) is 3.88. The third kappa shape index (κ3) is 7.11. The number of rotatable bonds is 11. The van der Waals surface area contributed by atoms with Gasteiger partial charge in [-0.05, 0) is 55.7 Å². The van der Waals surface area contributed by atoms with E-state index in [0.29, 0.717) is 31.1 Å². The topological polar surface area (TPSA) is 75.7 Å². The molecule has 0 saturated carbocycles. The molecule has 9 heteroatoms. The van der Waals surface area contributed by atoms with Crippen molar-refractivity contribution in [1.82, 2.24) is 4.31 Å². The number of piperidine rings is 1. The highest BCUT2D eigenvalue weighted by atomic mass is 35.5. The zero-order chi connectivity index (χ0) is 24.6. The fraction of sp³-hybridized carbons (Fsp3) is 0.480. The predicted octanol–water partition coefficient (Wildman–Crippen LogP) is 6.77. The zero-order valence-corrected chi connectivity index (χ0v) is 21.8. The predicted molar refractivity (Wildman–Crippen MR) is 138 cm³/mol. The van der Waals surface area contributed by atoms with E-state index < -0.39 is 15.9 Å². The van der Waals surface area contributed by atoms with E-state index in [4.69, 9.17) is 27.9 Å². The molecular weight excluding hydrogens is 495 g/mol. The average Bonchev–Trinajstić information content (AvgIpc) is 2.83. The van der Waals surface area contributed by atoms with Crippen molar-refractivity contribution in [2.45, 2.75) is 63.2 Å². The van der Waals surface area contributed by atoms with Crippen molar-refractivity contribution in [3.8, 4) is 5.75 Å². The van der Waals surface area contributed by atoms with Crippen LogP contribution in [0.4, 0.5) is 5.69 Å². The number of nitrogens with zero attached hydrogens (tertiary/aromatic N) is 1. The summed E-state index contributed by atoms with van der Waals surface area (Å²) in [5.41, 5.74) is 0.762. The summed E-state index contributed by atoms with van der Waals surface area (Å²) in [5.74, 6) is -0.0239. The standard InChI is InChI=1S/C25H32Cl2N2O4S/c1-2-3-4-5-9-16-33-24-22(26)17-19(18-23(24)27)25(30)28-20-10-12-21(13-11-20)34(31,32)29-14-7-6-8-15-29/h10-13,17-18H,2-9,14-16H2,1H3,(H,28,30). The monoisotopic (exact) mass is 526 g/mol. The molecule has 2 aromatic carbocycles. The summed E-state index contributed by atoms with van der Waals surface area (Å²) in [4.78, 5) is 12.9. The Morgan fingerprint density at radius 3 is 2.21 bits per heavy atom. The molecule has 1 aliphatic rings. The Bertz CT molecular complexity index is 1050. The lowest BCUT2D eigenvalue weighted by atomic mass is 10.1. The van der Waals surface area contributed by atoms with Crippen molar-refractivity contribution >= 4 is 44.8 Å². The van der Waals surface area contributed by atoms with Gasteiger partial charge < -0.3 is 10.1 Å². The van der Waals surface area contributed by atoms with Crippen LogP contribution in [0.25, 0.3) is 0 Å². The third-order valence-electron chi connectivity index (χ3n) is 5.82. The Balaban J connectivity index is 1.60. The van der Waals surface area contributed by atoms with Gasteiger partial charge in [0.05, 0.1) is 21.5 Å². The average molecular weight is 528 g/mol. The van der Waals surface area contributed by atoms with Crippen molar-refractivity contribution in [3.63, 3.8) is 0 Å². The fourth-order valence-corrected chi connectivity index (χ4v) is 5.99. The molecule has 0 spiro atoms. The van der Waals surface area contributed by atoms with Gasteiger partial charge in [0.15, 0.2) is 5.75 Å². The second-order valence-electron chi connectivity index (χ2n) is 8.47. The number of unbranched alkanes of at least 4 members (excludes halogenated alkanes) is 4. The van der Waals surface area contributed by atoms with Gasteiger partial charge in [-0.15, -0.1) is 0 Å². The molecule has 1 N–H and O–H groups in total. The van der Waals surface area contributed by atoms with Gasteiger partial charge in [0, 0.05) is 24.3 Å². The maximum absolute atomic E-state index is 12.8. The first-order valence-electron chi connectivity index (χ1n) is 11.9. The number of ether oxygens (including phenoxy) is 1. The number of nitrogens with one attached hydrogen (secondary N) is 1. The van der Waals surface area contributed by atoms with Crippen LogP contribution in [0.3, 0.4) is 0 Å². The van der Waals surface area contributed by atoms with Crippen LogP contribution in [-0.2, 0) is 10.0 Å². The van der Waals surface area contributed by atoms with E-state index in [0.717, 1.165) is 32.1 Å². The number of halogens is 2. The molecule has 186 valence electrons. The minimum absolute atomic E-state index is 0.217. The van der Waals surface area contributed by atoms with Gasteiger partial charge in [-0.3, -0.25) is 4.79 Å². The van der Waals surface area contributed by atoms with Crippen LogP contribution >= 0.6 is 23.2 Å². The van der Waals surface area contributed by atoms with E-state index in [-0.39, 0.29) is 20.5 Å². The van der Waals surface area contributed by atoms with Gasteiger partial charge >= 0.3 is 0 Å². The van der Waals surface area contributed by atoms with E-state index in [1.54, 1.807) is 12.1 Å². The maximum Gasteiger partial charge on any atom is 0.255 e. The lowest BCUT2D eigenvalue weighted by Crippen LogP contribution is -2.35. The van der Waals surface area contributed by atoms with Gasteiger partial charge in [-0.1, -0.05) is 62.2 Å². The number of sulfonamides is 1. The van der Waals surface area contributed by atoms with Crippen LogP contribution in [0.15, 0.2) is 41.3 Å². The Labute approximate surface area is 212 Å². The van der Waals surface area contributed by atoms with Crippen LogP contribution < -0.4 is 10.1 Å². The quantitative estimate of drug-likeness (QED) is 0.327. The van der Waals surface area contributed by atoms with E-state index in [9.17, 15) is 13.2 Å². The Hall–Kier alpha value is -1.80.